The van der Waals surface area contributed by atoms with Crippen LogP contribution in [0.2, 0.25) is 0 Å². The molecule has 52 heavy (non-hydrogen) atoms. The summed E-state index contributed by atoms with van der Waals surface area (Å²) in [6, 6.07) is 17.7. The number of carbonyl (C=O) groups is 3. The molecule has 0 radical (unpaired) electrons. The average molecular weight is 714 g/mol. The molecule has 0 saturated carbocycles. The van der Waals surface area contributed by atoms with Crippen molar-refractivity contribution in [3.05, 3.63) is 133 Å². The van der Waals surface area contributed by atoms with Crippen LogP contribution in [0.5, 0.6) is 11.5 Å². The average Bonchev–Trinajstić information content (AvgIpc) is 3.03. The monoisotopic (exact) mass is 713 g/mol. The summed E-state index contributed by atoms with van der Waals surface area (Å²) in [5, 5.41) is 46.4. The number of carboxylic acid groups (broad SMARTS) is 3. The van der Waals surface area contributed by atoms with Crippen molar-refractivity contribution in [1.29, 1.82) is 0 Å². The third-order valence-electron chi connectivity index (χ3n) is 7.24. The predicted molar refractivity (Wildman–Crippen MR) is 188 cm³/mol. The van der Waals surface area contributed by atoms with Crippen molar-refractivity contribution in [2.24, 2.45) is 0 Å². The zero-order valence-electron chi connectivity index (χ0n) is 27.6. The molecule has 0 atom stereocenters. The Labute approximate surface area is 292 Å². The molecule has 3 aromatic heterocycles. The van der Waals surface area contributed by atoms with E-state index in [2.05, 4.69) is 0 Å². The summed E-state index contributed by atoms with van der Waals surface area (Å²) in [7, 11) is 3.75. The fraction of sp³-hybridized carbons (Fsp3) is 0.135. The largest absolute Gasteiger partial charge is 0.508 e. The van der Waals surface area contributed by atoms with Crippen LogP contribution in [0.3, 0.4) is 0 Å². The Morgan fingerprint density at radius 1 is 0.596 bits per heavy atom. The van der Waals surface area contributed by atoms with E-state index in [1.807, 2.05) is 25.1 Å². The van der Waals surface area contributed by atoms with Crippen molar-refractivity contribution in [2.75, 3.05) is 19.0 Å². The Morgan fingerprint density at radius 3 is 1.42 bits per heavy atom. The first kappa shape index (κ1) is 37.7. The van der Waals surface area contributed by atoms with E-state index in [0.29, 0.717) is 44.9 Å². The van der Waals surface area contributed by atoms with Gasteiger partial charge in [-0.05, 0) is 59.5 Å². The second kappa shape index (κ2) is 16.5. The van der Waals surface area contributed by atoms with Crippen molar-refractivity contribution in [1.82, 2.24) is 0 Å². The molecule has 15 heteroatoms. The maximum Gasteiger partial charge on any atom is 0.336 e. The number of allylic oxidation sites excluding steroid dienone is 1. The molecule has 0 aliphatic heterocycles. The predicted octanol–water partition coefficient (Wildman–Crippen LogP) is 4.29. The third-order valence-corrected chi connectivity index (χ3v) is 7.24. The highest BCUT2D eigenvalue weighted by Gasteiger charge is 2.11. The lowest BCUT2D eigenvalue weighted by molar-refractivity contribution is -0.137. The highest BCUT2D eigenvalue weighted by molar-refractivity contribution is 5.87. The Hall–Kier alpha value is -7.16. The van der Waals surface area contributed by atoms with Gasteiger partial charge in [-0.3, -0.25) is 9.59 Å². The van der Waals surface area contributed by atoms with Crippen LogP contribution in [0.1, 0.15) is 16.7 Å². The number of phenolic OH excluding ortho intramolecular Hbond substituents is 2. The molecule has 0 fully saturated rings. The minimum Gasteiger partial charge on any atom is -0.508 e. The molecule has 0 unspecified atom stereocenters. The zero-order chi connectivity index (χ0) is 38.1. The highest BCUT2D eigenvalue weighted by atomic mass is 16.4. The minimum absolute atomic E-state index is 0.00359. The summed E-state index contributed by atoms with van der Waals surface area (Å²) in [4.78, 5) is 67.5. The summed E-state index contributed by atoms with van der Waals surface area (Å²) >= 11 is 0. The van der Waals surface area contributed by atoms with Crippen LogP contribution in [-0.2, 0) is 33.6 Å². The van der Waals surface area contributed by atoms with Gasteiger partial charge >= 0.3 is 34.8 Å². The van der Waals surface area contributed by atoms with Gasteiger partial charge in [-0.25, -0.2) is 19.2 Å². The molecule has 0 bridgehead atoms. The quantitative estimate of drug-likeness (QED) is 0.109. The number of carboxylic acids is 3. The fourth-order valence-electron chi connectivity index (χ4n) is 5.01. The molecular formula is C37H31NO14. The molecule has 6 aromatic rings. The number of hydrogen-bond donors (Lipinski definition) is 5. The van der Waals surface area contributed by atoms with E-state index in [0.717, 1.165) is 17.8 Å². The van der Waals surface area contributed by atoms with Gasteiger partial charge < -0.3 is 43.7 Å². The van der Waals surface area contributed by atoms with Gasteiger partial charge in [0.25, 0.3) is 0 Å². The van der Waals surface area contributed by atoms with Crippen molar-refractivity contribution in [2.45, 2.75) is 19.3 Å². The second-order valence-corrected chi connectivity index (χ2v) is 11.3. The number of aliphatic carboxylic acids is 3. The number of nitrogens with zero attached hydrogens (tertiary/aromatic N) is 1. The lowest BCUT2D eigenvalue weighted by Gasteiger charge is -2.13. The Bertz CT molecular complexity index is 2510. The molecule has 15 nitrogen and oxygen atoms in total. The molecule has 0 saturated heterocycles. The number of fused-ring (bicyclic) bond motifs is 3. The first-order valence-corrected chi connectivity index (χ1v) is 15.2. The first-order valence-electron chi connectivity index (χ1n) is 15.2. The number of benzene rings is 3. The van der Waals surface area contributed by atoms with E-state index < -0.39 is 34.8 Å². The molecule has 268 valence electrons. The number of hydrogen-bond acceptors (Lipinski definition) is 12. The molecule has 5 N–H and O–H groups in total. The van der Waals surface area contributed by atoms with E-state index >= 15 is 0 Å². The topological polar surface area (TPSA) is 246 Å². The lowest BCUT2D eigenvalue weighted by Crippen LogP contribution is -2.09. The summed E-state index contributed by atoms with van der Waals surface area (Å²) in [5.74, 6) is -3.08. The SMILES string of the molecule is CN(C)c1ccc2c(CC(=O)O)cc(=O)oc2c1.O=C(O)/C=C/Cc1cc(=O)oc2cc(O)ccc12.O=C(O)Cc1cc(=O)oc2cc(O)ccc12. The van der Waals surface area contributed by atoms with Crippen molar-refractivity contribution >= 4 is 56.5 Å². The van der Waals surface area contributed by atoms with Gasteiger partial charge in [-0.1, -0.05) is 6.08 Å². The lowest BCUT2D eigenvalue weighted by atomic mass is 10.1. The summed E-state index contributed by atoms with van der Waals surface area (Å²) < 4.78 is 14.9. The fourth-order valence-corrected chi connectivity index (χ4v) is 5.01. The van der Waals surface area contributed by atoms with Gasteiger partial charge in [0.1, 0.15) is 28.2 Å². The second-order valence-electron chi connectivity index (χ2n) is 11.3. The number of anilines is 1. The number of aromatic hydroxyl groups is 2. The molecule has 6 rings (SSSR count). The molecule has 3 heterocycles. The Balaban J connectivity index is 0.000000175. The van der Waals surface area contributed by atoms with E-state index in [4.69, 9.17) is 28.6 Å². The van der Waals surface area contributed by atoms with Gasteiger partial charge in [0, 0.05) is 78.4 Å². The highest BCUT2D eigenvalue weighted by Crippen LogP contribution is 2.24. The van der Waals surface area contributed by atoms with Crippen LogP contribution in [0.4, 0.5) is 5.69 Å². The van der Waals surface area contributed by atoms with E-state index in [1.165, 1.54) is 48.5 Å². The van der Waals surface area contributed by atoms with E-state index in [-0.39, 0.29) is 35.5 Å². The molecule has 0 spiro atoms. The summed E-state index contributed by atoms with van der Waals surface area (Å²) in [6.07, 6.45) is 2.32. The molecule has 0 aliphatic carbocycles. The maximum absolute atomic E-state index is 11.4. The summed E-state index contributed by atoms with van der Waals surface area (Å²) in [5.41, 5.74) is 1.56. The van der Waals surface area contributed by atoms with Crippen LogP contribution < -0.4 is 21.8 Å². The van der Waals surface area contributed by atoms with Gasteiger partial charge in [0.15, 0.2) is 0 Å². The van der Waals surface area contributed by atoms with Crippen molar-refractivity contribution in [3.63, 3.8) is 0 Å². The smallest absolute Gasteiger partial charge is 0.336 e. The normalized spacial score (nSPS) is 10.7. The van der Waals surface area contributed by atoms with Gasteiger partial charge in [-0.2, -0.15) is 0 Å². The number of rotatable bonds is 8. The minimum atomic E-state index is -1.04. The van der Waals surface area contributed by atoms with E-state index in [1.54, 1.807) is 18.2 Å². The van der Waals surface area contributed by atoms with Gasteiger partial charge in [0.05, 0.1) is 12.8 Å². The van der Waals surface area contributed by atoms with Crippen LogP contribution in [0.15, 0.2) is 113 Å². The Morgan fingerprint density at radius 2 is 1.00 bits per heavy atom. The number of phenols is 2. The van der Waals surface area contributed by atoms with Gasteiger partial charge in [0.2, 0.25) is 0 Å². The van der Waals surface area contributed by atoms with Crippen LogP contribution >= 0.6 is 0 Å². The van der Waals surface area contributed by atoms with Crippen molar-refractivity contribution < 1.29 is 53.2 Å². The van der Waals surface area contributed by atoms with Gasteiger partial charge in [-0.15, -0.1) is 0 Å². The van der Waals surface area contributed by atoms with Crippen LogP contribution in [0.25, 0.3) is 32.9 Å². The molecule has 0 amide bonds. The van der Waals surface area contributed by atoms with Crippen LogP contribution in [-0.4, -0.2) is 57.5 Å². The van der Waals surface area contributed by atoms with E-state index in [9.17, 15) is 39.0 Å². The standard InChI is InChI=1S/C13H13NO4.C13H10O5.C11H8O5/c1-14(2)9-3-4-10-8(5-12(15)16)6-13(17)18-11(10)7-9;14-9-4-5-10-8(2-1-3-12(15)16)6-13(17)18-11(10)7-9;12-7-1-2-8-6(3-10(13)14)4-11(15)16-9(8)5-7/h3-4,6-7H,5H2,1-2H3,(H,15,16);1,3-7,14H,2H2,(H,15,16);1-2,4-5,12H,3H2,(H,13,14)/b;3-1+;. The Kier molecular flexibility index (Phi) is 11.9. The molecular weight excluding hydrogens is 682 g/mol. The third kappa shape index (κ3) is 10.2. The van der Waals surface area contributed by atoms with Crippen molar-refractivity contribution in [3.8, 4) is 11.5 Å². The maximum atomic E-state index is 11.4. The first-order chi connectivity index (χ1) is 24.6. The van der Waals surface area contributed by atoms with Crippen LogP contribution in [0, 0.1) is 0 Å². The molecule has 0 aliphatic rings. The summed E-state index contributed by atoms with van der Waals surface area (Å²) in [6.45, 7) is 0. The molecule has 3 aromatic carbocycles. The zero-order valence-corrected chi connectivity index (χ0v) is 27.6.